The van der Waals surface area contributed by atoms with Crippen molar-refractivity contribution in [2.24, 2.45) is 0 Å². The fraction of sp³-hybridized carbons (Fsp3) is 0. The highest BCUT2D eigenvalue weighted by Gasteiger charge is 2.21. The Bertz CT molecular complexity index is 3450. The maximum absolute atomic E-state index is 6.70. The number of hydrogen-bond donors (Lipinski definition) is 0. The molecule has 246 valence electrons. The van der Waals surface area contributed by atoms with Crippen LogP contribution in [0.5, 0.6) is 11.5 Å². The Labute approximate surface area is 302 Å². The van der Waals surface area contributed by atoms with Gasteiger partial charge in [-0.05, 0) is 100 Å². The second kappa shape index (κ2) is 10.6. The summed E-state index contributed by atoms with van der Waals surface area (Å²) in [5.74, 6) is 1.52. The summed E-state index contributed by atoms with van der Waals surface area (Å²) in [7, 11) is 0. The van der Waals surface area contributed by atoms with E-state index < -0.39 is 0 Å². The molecule has 0 saturated heterocycles. The number of imidazole rings is 1. The standard InChI is InChI=1S/C48H28N4O/c1-2-11-29(12-3-1)51-42-18-8-6-15-38(42)45-44(51)25-24-37-35-23-21-31(28-40(35)48-50-41-17-7-9-19-43(41)52(48)47(37)45)53-30-20-22-34-32-13-4-5-14-33(32)36-16-10-26-49-46(36)39(34)27-30/h1-28H. The van der Waals surface area contributed by atoms with E-state index in [1.807, 2.05) is 12.3 Å². The Morgan fingerprint density at radius 2 is 1.06 bits per heavy atom. The van der Waals surface area contributed by atoms with Crippen LogP contribution in [0.2, 0.25) is 0 Å². The molecule has 0 unspecified atom stereocenters. The zero-order valence-electron chi connectivity index (χ0n) is 28.4. The van der Waals surface area contributed by atoms with Crippen LogP contribution < -0.4 is 4.74 Å². The van der Waals surface area contributed by atoms with Gasteiger partial charge in [0.15, 0.2) is 0 Å². The van der Waals surface area contributed by atoms with Gasteiger partial charge in [-0.2, -0.15) is 0 Å². The molecule has 0 spiro atoms. The molecule has 0 aliphatic heterocycles. The fourth-order valence-electron chi connectivity index (χ4n) is 8.73. The molecule has 5 heteroatoms. The minimum atomic E-state index is 0.755. The van der Waals surface area contributed by atoms with E-state index in [0.29, 0.717) is 0 Å². The van der Waals surface area contributed by atoms with Gasteiger partial charge in [-0.3, -0.25) is 9.38 Å². The first-order valence-corrected chi connectivity index (χ1v) is 17.9. The average molecular weight is 677 g/mol. The van der Waals surface area contributed by atoms with Crippen molar-refractivity contribution in [3.63, 3.8) is 0 Å². The molecule has 0 atom stereocenters. The third-order valence-corrected chi connectivity index (χ3v) is 10.9. The smallest absolute Gasteiger partial charge is 0.146 e. The predicted molar refractivity (Wildman–Crippen MR) is 219 cm³/mol. The largest absolute Gasteiger partial charge is 0.457 e. The van der Waals surface area contributed by atoms with Crippen molar-refractivity contribution in [3.05, 3.63) is 170 Å². The molecule has 4 aromatic heterocycles. The van der Waals surface area contributed by atoms with Crippen molar-refractivity contribution >= 4 is 92.6 Å². The highest BCUT2D eigenvalue weighted by atomic mass is 16.5. The third kappa shape index (κ3) is 3.96. The molecule has 53 heavy (non-hydrogen) atoms. The van der Waals surface area contributed by atoms with Gasteiger partial charge in [-0.25, -0.2) is 4.98 Å². The van der Waals surface area contributed by atoms with Crippen LogP contribution in [0.1, 0.15) is 0 Å². The molecule has 12 rings (SSSR count). The summed E-state index contributed by atoms with van der Waals surface area (Å²) in [4.78, 5) is 10.1. The quantitative estimate of drug-likeness (QED) is 0.175. The predicted octanol–water partition coefficient (Wildman–Crippen LogP) is 12.5. The Balaban J connectivity index is 1.12. The zero-order valence-corrected chi connectivity index (χ0v) is 28.4. The average Bonchev–Trinajstić information content (AvgIpc) is 3.78. The molecule has 5 nitrogen and oxygen atoms in total. The van der Waals surface area contributed by atoms with Gasteiger partial charge in [-0.15, -0.1) is 0 Å². The molecular formula is C48H28N4O. The lowest BCUT2D eigenvalue weighted by Crippen LogP contribution is -1.95. The Morgan fingerprint density at radius 1 is 0.434 bits per heavy atom. The van der Waals surface area contributed by atoms with E-state index in [1.54, 1.807) is 0 Å². The van der Waals surface area contributed by atoms with Crippen molar-refractivity contribution in [2.45, 2.75) is 0 Å². The van der Waals surface area contributed by atoms with Gasteiger partial charge in [0.1, 0.15) is 17.1 Å². The summed E-state index contributed by atoms with van der Waals surface area (Å²) in [6.45, 7) is 0. The van der Waals surface area contributed by atoms with E-state index in [1.165, 1.54) is 32.4 Å². The number of rotatable bonds is 3. The lowest BCUT2D eigenvalue weighted by Gasteiger charge is -2.14. The molecule has 0 radical (unpaired) electrons. The van der Waals surface area contributed by atoms with Crippen molar-refractivity contribution in [1.82, 2.24) is 18.9 Å². The van der Waals surface area contributed by atoms with E-state index in [4.69, 9.17) is 14.7 Å². The lowest BCUT2D eigenvalue weighted by molar-refractivity contribution is 0.484. The molecule has 0 saturated carbocycles. The van der Waals surface area contributed by atoms with Gasteiger partial charge in [-0.1, -0.05) is 84.9 Å². The summed E-state index contributed by atoms with van der Waals surface area (Å²) >= 11 is 0. The van der Waals surface area contributed by atoms with Gasteiger partial charge in [0.25, 0.3) is 0 Å². The molecule has 8 aromatic carbocycles. The van der Waals surface area contributed by atoms with E-state index in [9.17, 15) is 0 Å². The van der Waals surface area contributed by atoms with Gasteiger partial charge >= 0.3 is 0 Å². The maximum Gasteiger partial charge on any atom is 0.146 e. The number of hydrogen-bond acceptors (Lipinski definition) is 3. The van der Waals surface area contributed by atoms with Crippen molar-refractivity contribution in [3.8, 4) is 17.2 Å². The fourth-order valence-corrected chi connectivity index (χ4v) is 8.73. The monoisotopic (exact) mass is 676 g/mol. The van der Waals surface area contributed by atoms with Crippen molar-refractivity contribution in [2.75, 3.05) is 0 Å². The van der Waals surface area contributed by atoms with Crippen LogP contribution in [0.4, 0.5) is 0 Å². The minimum absolute atomic E-state index is 0.755. The summed E-state index contributed by atoms with van der Waals surface area (Å²) < 4.78 is 11.4. The molecular weight excluding hydrogens is 649 g/mol. The van der Waals surface area contributed by atoms with E-state index >= 15 is 0 Å². The Hall–Kier alpha value is -7.24. The second-order valence-corrected chi connectivity index (χ2v) is 13.8. The van der Waals surface area contributed by atoms with E-state index in [-0.39, 0.29) is 0 Å². The summed E-state index contributed by atoms with van der Waals surface area (Å²) in [5.41, 5.74) is 8.54. The number of nitrogens with zero attached hydrogens (tertiary/aromatic N) is 4. The number of aromatic nitrogens is 4. The first kappa shape index (κ1) is 28.5. The SMILES string of the molecule is c1ccc(-n2c3ccccc3c3c2ccc2c4ccc(Oc5ccc6c7ccccc7c7cccnc7c6c5)cc4c4nc5ccccc5n4c23)cc1. The normalized spacial score (nSPS) is 12.2. The number of benzene rings is 8. The first-order valence-electron chi connectivity index (χ1n) is 17.9. The molecule has 0 aliphatic rings. The van der Waals surface area contributed by atoms with Gasteiger partial charge < -0.3 is 9.30 Å². The van der Waals surface area contributed by atoms with Crippen LogP contribution in [0.15, 0.2) is 170 Å². The minimum Gasteiger partial charge on any atom is -0.457 e. The lowest BCUT2D eigenvalue weighted by atomic mass is 9.97. The van der Waals surface area contributed by atoms with E-state index in [0.717, 1.165) is 77.3 Å². The summed E-state index contributed by atoms with van der Waals surface area (Å²) in [6.07, 6.45) is 1.87. The molecule has 12 aromatic rings. The zero-order chi connectivity index (χ0) is 34.6. The molecule has 0 aliphatic carbocycles. The van der Waals surface area contributed by atoms with Crippen LogP contribution in [0.3, 0.4) is 0 Å². The van der Waals surface area contributed by atoms with Crippen molar-refractivity contribution < 1.29 is 4.74 Å². The maximum atomic E-state index is 6.70. The van der Waals surface area contributed by atoms with Crippen LogP contribution in [-0.4, -0.2) is 18.9 Å². The van der Waals surface area contributed by atoms with Gasteiger partial charge in [0, 0.05) is 44.2 Å². The number of fused-ring (bicyclic) bond motifs is 18. The van der Waals surface area contributed by atoms with Gasteiger partial charge in [0.05, 0.1) is 33.1 Å². The number of ether oxygens (including phenoxy) is 1. The van der Waals surface area contributed by atoms with E-state index in [2.05, 4.69) is 167 Å². The Morgan fingerprint density at radius 3 is 1.89 bits per heavy atom. The highest BCUT2D eigenvalue weighted by molar-refractivity contribution is 6.27. The summed E-state index contributed by atoms with van der Waals surface area (Å²) in [5, 5.41) is 11.5. The molecule has 0 fully saturated rings. The second-order valence-electron chi connectivity index (χ2n) is 13.8. The molecule has 0 amide bonds. The van der Waals surface area contributed by atoms with Gasteiger partial charge in [0.2, 0.25) is 0 Å². The number of pyridine rings is 2. The molecule has 4 heterocycles. The van der Waals surface area contributed by atoms with Crippen LogP contribution >= 0.6 is 0 Å². The summed E-state index contributed by atoms with van der Waals surface area (Å²) in [6, 6.07) is 57.8. The Kier molecular flexibility index (Phi) is 5.71. The third-order valence-electron chi connectivity index (χ3n) is 10.9. The number of para-hydroxylation sites is 4. The highest BCUT2D eigenvalue weighted by Crippen LogP contribution is 2.43. The molecule has 0 N–H and O–H groups in total. The first-order chi connectivity index (χ1) is 26.3. The van der Waals surface area contributed by atoms with Crippen molar-refractivity contribution in [1.29, 1.82) is 0 Å². The van der Waals surface area contributed by atoms with Crippen LogP contribution in [0, 0.1) is 0 Å². The molecule has 0 bridgehead atoms. The van der Waals surface area contributed by atoms with Crippen LogP contribution in [-0.2, 0) is 0 Å². The topological polar surface area (TPSA) is 44.3 Å². The van der Waals surface area contributed by atoms with Crippen LogP contribution in [0.25, 0.3) is 98.3 Å².